The molecule has 2 aromatic rings. The van der Waals surface area contributed by atoms with Gasteiger partial charge in [0.1, 0.15) is 24.3 Å². The molecule has 1 aliphatic rings. The molecule has 11 heteroatoms. The Kier molecular flexibility index (Phi) is 21.2. The number of carboxylic acids is 1. The lowest BCUT2D eigenvalue weighted by atomic mass is 9.98. The molecule has 0 aromatic heterocycles. The van der Waals surface area contributed by atoms with Gasteiger partial charge in [-0.2, -0.15) is 0 Å². The predicted molar refractivity (Wildman–Crippen MR) is 224 cm³/mol. The average Bonchev–Trinajstić information content (AvgIpc) is 3.49. The molecule has 0 saturated carbocycles. The minimum absolute atomic E-state index is 0.00399. The summed E-state index contributed by atoms with van der Waals surface area (Å²) in [6.45, 7) is 7.88. The number of alkyl carbamates (subject to hydrolysis) is 1. The zero-order valence-electron chi connectivity index (χ0n) is 35.0. The topological polar surface area (TPSA) is 160 Å². The third-order valence-corrected chi connectivity index (χ3v) is 10.4. The van der Waals surface area contributed by atoms with Gasteiger partial charge in [0.15, 0.2) is 0 Å². The molecular weight excluding hydrogens is 723 g/mol. The fraction of sp³-hybridized carbons (Fsp3) is 0.630. The normalized spacial score (nSPS) is 13.2. The molecule has 0 aliphatic heterocycles. The number of fused-ring (bicyclic) bond motifs is 3. The first kappa shape index (κ1) is 47.0. The molecule has 0 bridgehead atoms. The summed E-state index contributed by atoms with van der Waals surface area (Å²) >= 11 is 0. The molecular formula is C46H69N3O8. The predicted octanol–water partition coefficient (Wildman–Crippen LogP) is 9.35. The van der Waals surface area contributed by atoms with E-state index in [0.717, 1.165) is 41.5 Å². The van der Waals surface area contributed by atoms with Crippen LogP contribution < -0.4 is 16.0 Å². The van der Waals surface area contributed by atoms with Crippen LogP contribution in [0.5, 0.6) is 0 Å². The summed E-state index contributed by atoms with van der Waals surface area (Å²) in [6, 6.07) is 13.9. The van der Waals surface area contributed by atoms with Gasteiger partial charge in [-0.15, -0.1) is 0 Å². The first-order valence-electron chi connectivity index (χ1n) is 21.5. The van der Waals surface area contributed by atoms with Gasteiger partial charge >= 0.3 is 18.0 Å². The minimum atomic E-state index is -1.17. The van der Waals surface area contributed by atoms with Crippen molar-refractivity contribution in [3.05, 3.63) is 59.7 Å². The average molecular weight is 792 g/mol. The molecule has 3 rings (SSSR count). The van der Waals surface area contributed by atoms with Crippen molar-refractivity contribution in [2.75, 3.05) is 13.2 Å². The number of esters is 1. The monoisotopic (exact) mass is 792 g/mol. The molecule has 2 unspecified atom stereocenters. The highest BCUT2D eigenvalue weighted by Gasteiger charge is 2.30. The van der Waals surface area contributed by atoms with Crippen LogP contribution in [0, 0.1) is 0 Å². The Bertz CT molecular complexity index is 1510. The maximum atomic E-state index is 12.9. The van der Waals surface area contributed by atoms with E-state index in [-0.39, 0.29) is 43.6 Å². The highest BCUT2D eigenvalue weighted by atomic mass is 16.6. The SMILES string of the molecule is CCCCCCCCCCCCCCCC(=O)NC(CCC(=O)NCCCCC(NC(=O)OCC1c2ccccc2-c2ccccc21)C(=O)O)C(=O)OC(C)(C)C. The van der Waals surface area contributed by atoms with E-state index in [1.807, 2.05) is 48.5 Å². The van der Waals surface area contributed by atoms with Crippen LogP contribution in [0.4, 0.5) is 4.79 Å². The Morgan fingerprint density at radius 2 is 1.19 bits per heavy atom. The fourth-order valence-corrected chi connectivity index (χ4v) is 7.30. The van der Waals surface area contributed by atoms with Gasteiger partial charge in [-0.25, -0.2) is 14.4 Å². The third-order valence-electron chi connectivity index (χ3n) is 10.4. The Hall–Kier alpha value is -4.41. The van der Waals surface area contributed by atoms with Crippen LogP contribution in [0.15, 0.2) is 48.5 Å². The van der Waals surface area contributed by atoms with Crippen molar-refractivity contribution >= 4 is 29.8 Å². The van der Waals surface area contributed by atoms with Crippen molar-refractivity contribution in [2.45, 2.75) is 173 Å². The second-order valence-electron chi connectivity index (χ2n) is 16.4. The summed E-state index contributed by atoms with van der Waals surface area (Å²) in [4.78, 5) is 63.0. The molecule has 11 nitrogen and oxygen atoms in total. The lowest BCUT2D eigenvalue weighted by molar-refractivity contribution is -0.159. The van der Waals surface area contributed by atoms with Crippen LogP contribution in [-0.4, -0.2) is 65.8 Å². The van der Waals surface area contributed by atoms with E-state index in [9.17, 15) is 29.1 Å². The Morgan fingerprint density at radius 3 is 1.74 bits per heavy atom. The number of nitrogens with one attached hydrogen (secondary N) is 3. The summed E-state index contributed by atoms with van der Waals surface area (Å²) in [7, 11) is 0. The number of unbranched alkanes of at least 4 members (excludes halogenated alkanes) is 13. The van der Waals surface area contributed by atoms with Crippen LogP contribution in [0.1, 0.15) is 167 Å². The van der Waals surface area contributed by atoms with Gasteiger partial charge in [0.2, 0.25) is 11.8 Å². The summed E-state index contributed by atoms with van der Waals surface area (Å²) in [5, 5.41) is 17.8. The van der Waals surface area contributed by atoms with Crippen LogP contribution in [-0.2, 0) is 28.7 Å². The number of rotatable bonds is 28. The lowest BCUT2D eigenvalue weighted by Gasteiger charge is -2.24. The van der Waals surface area contributed by atoms with Gasteiger partial charge in [0.25, 0.3) is 0 Å². The van der Waals surface area contributed by atoms with Gasteiger partial charge in [0, 0.05) is 25.3 Å². The van der Waals surface area contributed by atoms with Crippen molar-refractivity contribution in [2.24, 2.45) is 0 Å². The Balaban J connectivity index is 1.31. The van der Waals surface area contributed by atoms with Crippen molar-refractivity contribution in [1.29, 1.82) is 0 Å². The first-order valence-corrected chi connectivity index (χ1v) is 21.5. The van der Waals surface area contributed by atoms with Gasteiger partial charge in [-0.05, 0) is 75.1 Å². The number of carbonyl (C=O) groups excluding carboxylic acids is 4. The molecule has 0 heterocycles. The van der Waals surface area contributed by atoms with Crippen molar-refractivity contribution in [3.8, 4) is 11.1 Å². The quantitative estimate of drug-likeness (QED) is 0.0490. The maximum absolute atomic E-state index is 12.9. The highest BCUT2D eigenvalue weighted by Crippen LogP contribution is 2.44. The molecule has 3 amide bonds. The van der Waals surface area contributed by atoms with Crippen LogP contribution >= 0.6 is 0 Å². The Labute approximate surface area is 340 Å². The van der Waals surface area contributed by atoms with E-state index in [1.54, 1.807) is 20.8 Å². The largest absolute Gasteiger partial charge is 0.480 e. The summed E-state index contributed by atoms with van der Waals surface area (Å²) in [6.07, 6.45) is 16.5. The van der Waals surface area contributed by atoms with Gasteiger partial charge in [-0.3, -0.25) is 9.59 Å². The molecule has 0 fully saturated rings. The van der Waals surface area contributed by atoms with E-state index in [2.05, 4.69) is 22.9 Å². The van der Waals surface area contributed by atoms with Crippen molar-refractivity contribution in [3.63, 3.8) is 0 Å². The molecule has 57 heavy (non-hydrogen) atoms. The van der Waals surface area contributed by atoms with Gasteiger partial charge < -0.3 is 30.5 Å². The number of carboxylic acid groups (broad SMARTS) is 1. The second kappa shape index (κ2) is 25.8. The summed E-state index contributed by atoms with van der Waals surface area (Å²) < 4.78 is 11.1. The second-order valence-corrected chi connectivity index (χ2v) is 16.4. The Morgan fingerprint density at radius 1 is 0.649 bits per heavy atom. The zero-order chi connectivity index (χ0) is 41.5. The molecule has 0 radical (unpaired) electrons. The lowest BCUT2D eigenvalue weighted by Crippen LogP contribution is -2.44. The van der Waals surface area contributed by atoms with Gasteiger partial charge in [0.05, 0.1) is 0 Å². The van der Waals surface area contributed by atoms with Crippen molar-refractivity contribution < 1.29 is 38.6 Å². The smallest absolute Gasteiger partial charge is 0.407 e. The number of benzene rings is 2. The summed E-state index contributed by atoms with van der Waals surface area (Å²) in [5.41, 5.74) is 3.58. The first-order chi connectivity index (χ1) is 27.4. The number of amides is 3. The van der Waals surface area contributed by atoms with Crippen LogP contribution in [0.2, 0.25) is 0 Å². The minimum Gasteiger partial charge on any atom is -0.480 e. The van der Waals surface area contributed by atoms with Gasteiger partial charge in [-0.1, -0.05) is 133 Å². The van der Waals surface area contributed by atoms with E-state index in [4.69, 9.17) is 9.47 Å². The molecule has 316 valence electrons. The number of hydrogen-bond donors (Lipinski definition) is 4. The van der Waals surface area contributed by atoms with Crippen LogP contribution in [0.3, 0.4) is 0 Å². The fourth-order valence-electron chi connectivity index (χ4n) is 7.30. The number of carbonyl (C=O) groups is 5. The third kappa shape index (κ3) is 18.2. The molecule has 4 N–H and O–H groups in total. The molecule has 2 aromatic carbocycles. The maximum Gasteiger partial charge on any atom is 0.407 e. The van der Waals surface area contributed by atoms with E-state index >= 15 is 0 Å². The molecule has 2 atom stereocenters. The van der Waals surface area contributed by atoms with E-state index < -0.39 is 35.7 Å². The standard InChI is InChI=1S/C46H69N3O8/c1-5-6-7-8-9-10-11-12-13-14-15-16-17-29-42(51)48-40(44(54)57-46(2,3)4)30-31-41(50)47-32-23-22-28-39(43(52)53)49-45(55)56-33-38-36-26-20-18-24-34(36)35-25-19-21-27-37(35)38/h18-21,24-27,38-40H,5-17,22-23,28-33H2,1-4H3,(H,47,50)(H,48,51)(H,49,55)(H,52,53). The molecule has 1 aliphatic carbocycles. The van der Waals surface area contributed by atoms with E-state index in [0.29, 0.717) is 25.8 Å². The highest BCUT2D eigenvalue weighted by molar-refractivity contribution is 5.85. The number of aliphatic carboxylic acids is 1. The van der Waals surface area contributed by atoms with E-state index in [1.165, 1.54) is 64.2 Å². The molecule has 0 spiro atoms. The number of ether oxygens (including phenoxy) is 2. The zero-order valence-corrected chi connectivity index (χ0v) is 35.0. The number of hydrogen-bond acceptors (Lipinski definition) is 7. The van der Waals surface area contributed by atoms with Crippen LogP contribution in [0.25, 0.3) is 11.1 Å². The van der Waals surface area contributed by atoms with Crippen molar-refractivity contribution in [1.82, 2.24) is 16.0 Å². The summed E-state index contributed by atoms with van der Waals surface area (Å²) in [5.74, 6) is -2.40. The molecule has 0 saturated heterocycles.